The highest BCUT2D eigenvalue weighted by Gasteiger charge is 2.15. The van der Waals surface area contributed by atoms with Gasteiger partial charge in [0, 0.05) is 5.41 Å². The van der Waals surface area contributed by atoms with E-state index in [1.165, 1.54) is 4.80 Å². The number of amidine groups is 1. The Kier molecular flexibility index (Phi) is 2.83. The van der Waals surface area contributed by atoms with Crippen LogP contribution >= 0.6 is 0 Å². The molecule has 6 nitrogen and oxygen atoms in total. The average Bonchev–Trinajstić information content (AvgIpc) is 2.45. The van der Waals surface area contributed by atoms with Gasteiger partial charge in [-0.1, -0.05) is 20.8 Å². The summed E-state index contributed by atoms with van der Waals surface area (Å²) in [5.74, 6) is 1.18. The van der Waals surface area contributed by atoms with E-state index in [1.54, 1.807) is 7.05 Å². The van der Waals surface area contributed by atoms with Crippen molar-refractivity contribution in [3.63, 3.8) is 0 Å². The molecule has 0 bridgehead atoms. The first kappa shape index (κ1) is 10.6. The quantitative estimate of drug-likeness (QED) is 0.537. The van der Waals surface area contributed by atoms with Gasteiger partial charge in [-0.15, -0.1) is 10.2 Å². The second-order valence-electron chi connectivity index (χ2n) is 4.15. The Morgan fingerprint density at radius 1 is 1.50 bits per heavy atom. The fourth-order valence-electron chi connectivity index (χ4n) is 0.780. The van der Waals surface area contributed by atoms with E-state index >= 15 is 0 Å². The molecule has 0 atom stereocenters. The summed E-state index contributed by atoms with van der Waals surface area (Å²) in [5, 5.41) is 11.5. The Bertz CT molecular complexity index is 332. The molecular weight excluding hydrogens is 180 g/mol. The largest absolute Gasteiger partial charge is 0.387 e. The highest BCUT2D eigenvalue weighted by Crippen LogP contribution is 2.12. The Morgan fingerprint density at radius 2 is 2.14 bits per heavy atom. The van der Waals surface area contributed by atoms with Crippen LogP contribution in [0.25, 0.3) is 0 Å². The van der Waals surface area contributed by atoms with Crippen molar-refractivity contribution < 1.29 is 0 Å². The normalized spacial score (nSPS) is 13.3. The Morgan fingerprint density at radius 3 is 2.57 bits per heavy atom. The molecule has 0 fully saturated rings. The number of nitrogens with two attached hydrogens (primary N) is 1. The lowest BCUT2D eigenvalue weighted by Gasteiger charge is -2.16. The number of hydrogen-bond acceptors (Lipinski definition) is 4. The smallest absolute Gasteiger partial charge is 0.196 e. The lowest BCUT2D eigenvalue weighted by Crippen LogP contribution is -2.29. The minimum atomic E-state index is -0.109. The molecule has 1 rings (SSSR count). The number of aliphatic imine (C=N–C) groups is 1. The van der Waals surface area contributed by atoms with Crippen LogP contribution in [0.5, 0.6) is 0 Å². The molecule has 0 aromatic carbocycles. The zero-order valence-corrected chi connectivity index (χ0v) is 9.02. The van der Waals surface area contributed by atoms with Gasteiger partial charge in [0.15, 0.2) is 5.82 Å². The molecule has 0 unspecified atom stereocenters. The maximum absolute atomic E-state index is 5.77. The molecule has 0 spiro atoms. The van der Waals surface area contributed by atoms with Crippen LogP contribution in [0.4, 0.5) is 0 Å². The summed E-state index contributed by atoms with van der Waals surface area (Å²) in [7, 11) is 1.72. The van der Waals surface area contributed by atoms with Crippen molar-refractivity contribution in [3.8, 4) is 0 Å². The van der Waals surface area contributed by atoms with E-state index < -0.39 is 0 Å². The highest BCUT2D eigenvalue weighted by atomic mass is 15.6. The number of tetrazole rings is 1. The van der Waals surface area contributed by atoms with Crippen LogP contribution in [0.3, 0.4) is 0 Å². The molecule has 0 amide bonds. The van der Waals surface area contributed by atoms with E-state index in [9.17, 15) is 0 Å². The second-order valence-corrected chi connectivity index (χ2v) is 4.15. The first-order valence-electron chi connectivity index (χ1n) is 4.43. The number of aromatic nitrogens is 4. The maximum atomic E-state index is 5.77. The summed E-state index contributed by atoms with van der Waals surface area (Å²) in [5.41, 5.74) is 5.66. The third-order valence-corrected chi connectivity index (χ3v) is 1.71. The van der Waals surface area contributed by atoms with Gasteiger partial charge in [0.1, 0.15) is 6.54 Å². The molecule has 2 N–H and O–H groups in total. The van der Waals surface area contributed by atoms with Crippen LogP contribution in [0.15, 0.2) is 4.99 Å². The zero-order chi connectivity index (χ0) is 10.8. The maximum Gasteiger partial charge on any atom is 0.196 e. The SMILES string of the molecule is Cn1nnc(CN=C(N)C(C)(C)C)n1. The van der Waals surface area contributed by atoms with Crippen molar-refractivity contribution in [2.24, 2.45) is 23.2 Å². The van der Waals surface area contributed by atoms with Crippen molar-refractivity contribution in [1.82, 2.24) is 20.2 Å². The van der Waals surface area contributed by atoms with E-state index in [4.69, 9.17) is 5.73 Å². The Labute approximate surface area is 83.2 Å². The summed E-state index contributed by atoms with van der Waals surface area (Å²) < 4.78 is 0. The van der Waals surface area contributed by atoms with Gasteiger partial charge in [0.25, 0.3) is 0 Å². The molecule has 1 heterocycles. The van der Waals surface area contributed by atoms with E-state index in [-0.39, 0.29) is 5.41 Å². The molecule has 0 radical (unpaired) electrons. The van der Waals surface area contributed by atoms with Crippen molar-refractivity contribution in [2.45, 2.75) is 27.3 Å². The summed E-state index contributed by atoms with van der Waals surface area (Å²) in [6.45, 7) is 6.42. The number of nitrogens with zero attached hydrogens (tertiary/aromatic N) is 5. The van der Waals surface area contributed by atoms with Gasteiger partial charge in [-0.2, -0.15) is 4.80 Å². The predicted octanol–water partition coefficient (Wildman–Crippen LogP) is 0.113. The van der Waals surface area contributed by atoms with Crippen LogP contribution in [0, 0.1) is 5.41 Å². The fourth-order valence-corrected chi connectivity index (χ4v) is 0.780. The van der Waals surface area contributed by atoms with Crippen molar-refractivity contribution >= 4 is 5.84 Å². The van der Waals surface area contributed by atoms with Gasteiger partial charge in [-0.3, -0.25) is 4.99 Å². The van der Waals surface area contributed by atoms with Crippen LogP contribution in [-0.4, -0.2) is 26.0 Å². The van der Waals surface area contributed by atoms with Crippen molar-refractivity contribution in [2.75, 3.05) is 0 Å². The average molecular weight is 196 g/mol. The zero-order valence-electron chi connectivity index (χ0n) is 9.02. The summed E-state index contributed by atoms with van der Waals surface area (Å²) >= 11 is 0. The van der Waals surface area contributed by atoms with Gasteiger partial charge in [-0.25, -0.2) is 0 Å². The molecule has 78 valence electrons. The van der Waals surface area contributed by atoms with E-state index in [0.29, 0.717) is 18.2 Å². The molecule has 0 aliphatic carbocycles. The molecule has 0 saturated carbocycles. The minimum Gasteiger partial charge on any atom is -0.387 e. The third-order valence-electron chi connectivity index (χ3n) is 1.71. The molecular formula is C8H16N6. The molecule has 14 heavy (non-hydrogen) atoms. The van der Waals surface area contributed by atoms with Gasteiger partial charge in [0.2, 0.25) is 0 Å². The van der Waals surface area contributed by atoms with Gasteiger partial charge in [0.05, 0.1) is 12.9 Å². The van der Waals surface area contributed by atoms with E-state index in [0.717, 1.165) is 0 Å². The highest BCUT2D eigenvalue weighted by molar-refractivity contribution is 5.85. The number of rotatable bonds is 2. The molecule has 0 saturated heterocycles. The van der Waals surface area contributed by atoms with Crippen LogP contribution < -0.4 is 5.73 Å². The molecule has 6 heteroatoms. The number of aryl methyl sites for hydroxylation is 1. The van der Waals surface area contributed by atoms with Gasteiger partial charge >= 0.3 is 0 Å². The standard InChI is InChI=1S/C8H16N6/c1-8(2,3)7(9)10-5-6-11-13-14(4)12-6/h5H2,1-4H3,(H2,9,10). The molecule has 0 aliphatic rings. The summed E-state index contributed by atoms with van der Waals surface area (Å²) in [6.07, 6.45) is 0. The monoisotopic (exact) mass is 196 g/mol. The Hall–Kier alpha value is -1.46. The molecule has 1 aromatic rings. The van der Waals surface area contributed by atoms with Gasteiger partial charge < -0.3 is 5.73 Å². The van der Waals surface area contributed by atoms with E-state index in [1.807, 2.05) is 20.8 Å². The summed E-state index contributed by atoms with van der Waals surface area (Å²) in [6, 6.07) is 0. The topological polar surface area (TPSA) is 82.0 Å². The fraction of sp³-hybridized carbons (Fsp3) is 0.750. The third kappa shape index (κ3) is 2.79. The van der Waals surface area contributed by atoms with Crippen LogP contribution in [0.1, 0.15) is 26.6 Å². The van der Waals surface area contributed by atoms with Crippen LogP contribution in [-0.2, 0) is 13.6 Å². The van der Waals surface area contributed by atoms with Crippen LogP contribution in [0.2, 0.25) is 0 Å². The predicted molar refractivity (Wildman–Crippen MR) is 53.6 cm³/mol. The first-order chi connectivity index (χ1) is 6.39. The minimum absolute atomic E-state index is 0.109. The van der Waals surface area contributed by atoms with E-state index in [2.05, 4.69) is 20.4 Å². The second kappa shape index (κ2) is 3.73. The molecule has 0 aliphatic heterocycles. The van der Waals surface area contributed by atoms with Crippen molar-refractivity contribution in [1.29, 1.82) is 0 Å². The lowest BCUT2D eigenvalue weighted by atomic mass is 9.95. The van der Waals surface area contributed by atoms with Gasteiger partial charge in [-0.05, 0) is 5.21 Å². The first-order valence-corrected chi connectivity index (χ1v) is 4.43. The lowest BCUT2D eigenvalue weighted by molar-refractivity contribution is 0.580. The number of hydrogen-bond donors (Lipinski definition) is 1. The van der Waals surface area contributed by atoms with Crippen molar-refractivity contribution in [3.05, 3.63) is 5.82 Å². The molecule has 1 aromatic heterocycles. The Balaban J connectivity index is 2.64. The summed E-state index contributed by atoms with van der Waals surface area (Å²) in [4.78, 5) is 5.60.